The van der Waals surface area contributed by atoms with E-state index in [-0.39, 0.29) is 0 Å². The highest BCUT2D eigenvalue weighted by atomic mass is 32.1. The predicted octanol–water partition coefficient (Wildman–Crippen LogP) is 2.85. The van der Waals surface area contributed by atoms with Gasteiger partial charge < -0.3 is 5.32 Å². The van der Waals surface area contributed by atoms with Crippen molar-refractivity contribution in [3.8, 4) is 0 Å². The first-order valence-corrected chi connectivity index (χ1v) is 6.74. The molecule has 0 amide bonds. The molecule has 1 aliphatic rings. The summed E-state index contributed by atoms with van der Waals surface area (Å²) in [6, 6.07) is 0.628. The second kappa shape index (κ2) is 4.62. The molecule has 84 valence electrons. The molecular weight excluding hydrogens is 204 g/mol. The third-order valence-electron chi connectivity index (χ3n) is 3.38. The van der Waals surface area contributed by atoms with Crippen LogP contribution in [0.5, 0.6) is 0 Å². The molecule has 2 nitrogen and oxygen atoms in total. The van der Waals surface area contributed by atoms with Gasteiger partial charge in [0.15, 0.2) is 0 Å². The van der Waals surface area contributed by atoms with Gasteiger partial charge in [-0.05, 0) is 31.2 Å². The van der Waals surface area contributed by atoms with Crippen LogP contribution in [0, 0.1) is 5.41 Å². The zero-order chi connectivity index (χ0) is 10.7. The summed E-state index contributed by atoms with van der Waals surface area (Å²) in [4.78, 5) is 4.38. The zero-order valence-corrected chi connectivity index (χ0v) is 10.4. The lowest BCUT2D eigenvalue weighted by molar-refractivity contribution is 0.354. The number of nitrogens with zero attached hydrogens (tertiary/aromatic N) is 1. The van der Waals surface area contributed by atoms with Crippen LogP contribution in [0.3, 0.4) is 0 Å². The average molecular weight is 224 g/mol. The monoisotopic (exact) mass is 224 g/mol. The van der Waals surface area contributed by atoms with Gasteiger partial charge in [0, 0.05) is 24.0 Å². The van der Waals surface area contributed by atoms with Crippen LogP contribution >= 0.6 is 11.3 Å². The molecule has 15 heavy (non-hydrogen) atoms. The number of aromatic nitrogens is 1. The van der Waals surface area contributed by atoms with Crippen molar-refractivity contribution in [1.29, 1.82) is 0 Å². The Hall–Kier alpha value is -0.410. The maximum absolute atomic E-state index is 4.38. The van der Waals surface area contributed by atoms with E-state index in [0.29, 0.717) is 11.5 Å². The van der Waals surface area contributed by atoms with Crippen molar-refractivity contribution in [1.82, 2.24) is 10.3 Å². The first-order chi connectivity index (χ1) is 7.24. The molecule has 0 bridgehead atoms. The zero-order valence-electron chi connectivity index (χ0n) is 9.62. The van der Waals surface area contributed by atoms with Crippen molar-refractivity contribution >= 4 is 11.3 Å². The Bertz CT molecular complexity index is 291. The van der Waals surface area contributed by atoms with Crippen LogP contribution in [0.2, 0.25) is 0 Å². The summed E-state index contributed by atoms with van der Waals surface area (Å²) in [6.45, 7) is 5.75. The van der Waals surface area contributed by atoms with E-state index >= 15 is 0 Å². The van der Waals surface area contributed by atoms with Crippen molar-refractivity contribution in [2.45, 2.75) is 45.6 Å². The Labute approximate surface area is 96.1 Å². The lowest BCUT2D eigenvalue weighted by atomic mass is 9.96. The van der Waals surface area contributed by atoms with Gasteiger partial charge in [-0.1, -0.05) is 13.8 Å². The fourth-order valence-electron chi connectivity index (χ4n) is 1.96. The molecule has 0 saturated heterocycles. The van der Waals surface area contributed by atoms with Crippen LogP contribution in [-0.2, 0) is 6.42 Å². The van der Waals surface area contributed by atoms with Crippen LogP contribution in [0.15, 0.2) is 11.6 Å². The fraction of sp³-hybridized carbons (Fsp3) is 0.750. The summed E-state index contributed by atoms with van der Waals surface area (Å²) in [5.74, 6) is 0. The molecular formula is C12H20N2S. The van der Waals surface area contributed by atoms with E-state index in [1.165, 1.54) is 24.3 Å². The fourth-order valence-corrected chi connectivity index (χ4v) is 2.62. The molecule has 3 heteroatoms. The molecule has 1 atom stereocenters. The largest absolute Gasteiger partial charge is 0.313 e. The van der Waals surface area contributed by atoms with Crippen LogP contribution in [0.25, 0.3) is 0 Å². The van der Waals surface area contributed by atoms with Gasteiger partial charge in [-0.25, -0.2) is 4.98 Å². The van der Waals surface area contributed by atoms with E-state index in [9.17, 15) is 0 Å². The molecule has 0 spiro atoms. The van der Waals surface area contributed by atoms with Crippen LogP contribution < -0.4 is 5.32 Å². The minimum Gasteiger partial charge on any atom is -0.313 e. The summed E-state index contributed by atoms with van der Waals surface area (Å²) in [6.07, 6.45) is 6.98. The van der Waals surface area contributed by atoms with Crippen molar-refractivity contribution < 1.29 is 0 Å². The van der Waals surface area contributed by atoms with Gasteiger partial charge in [0.25, 0.3) is 0 Å². The minimum absolute atomic E-state index is 0.542. The molecule has 1 aromatic heterocycles. The summed E-state index contributed by atoms with van der Waals surface area (Å²) < 4.78 is 0. The van der Waals surface area contributed by atoms with Gasteiger partial charge >= 0.3 is 0 Å². The molecule has 1 unspecified atom stereocenters. The van der Waals surface area contributed by atoms with E-state index in [4.69, 9.17) is 0 Å². The minimum atomic E-state index is 0.542. The summed E-state index contributed by atoms with van der Waals surface area (Å²) >= 11 is 1.78. The maximum atomic E-state index is 4.38. The van der Waals surface area contributed by atoms with Gasteiger partial charge in [0.1, 0.15) is 0 Å². The molecule has 1 aromatic rings. The van der Waals surface area contributed by atoms with Gasteiger partial charge in [0.2, 0.25) is 0 Å². The van der Waals surface area contributed by atoms with Crippen LogP contribution in [0.4, 0.5) is 0 Å². The van der Waals surface area contributed by atoms with E-state index in [2.05, 4.69) is 29.5 Å². The molecule has 0 aromatic carbocycles. The Morgan fingerprint density at radius 3 is 2.93 bits per heavy atom. The Morgan fingerprint density at radius 1 is 1.60 bits per heavy atom. The van der Waals surface area contributed by atoms with Crippen molar-refractivity contribution in [2.24, 2.45) is 5.41 Å². The lowest BCUT2D eigenvalue weighted by Crippen LogP contribution is -2.38. The molecule has 1 N–H and O–H groups in total. The number of rotatable bonds is 6. The number of thiazole rings is 1. The predicted molar refractivity (Wildman–Crippen MR) is 65.2 cm³/mol. The summed E-state index contributed by atoms with van der Waals surface area (Å²) in [5.41, 5.74) is 0.542. The molecule has 2 rings (SSSR count). The van der Waals surface area contributed by atoms with Crippen LogP contribution in [-0.4, -0.2) is 17.6 Å². The maximum Gasteiger partial charge on any atom is 0.0940 e. The topological polar surface area (TPSA) is 24.9 Å². The molecule has 0 radical (unpaired) electrons. The number of nitrogens with one attached hydrogen (secondary N) is 1. The molecule has 1 aliphatic carbocycles. The average Bonchev–Trinajstić information content (AvgIpc) is 2.80. The van der Waals surface area contributed by atoms with Crippen molar-refractivity contribution in [3.05, 3.63) is 16.6 Å². The van der Waals surface area contributed by atoms with E-state index < -0.39 is 0 Å². The van der Waals surface area contributed by atoms with Crippen LogP contribution in [0.1, 0.15) is 38.1 Å². The van der Waals surface area contributed by atoms with Gasteiger partial charge in [-0.15, -0.1) is 11.3 Å². The number of hydrogen-bond donors (Lipinski definition) is 1. The highest BCUT2D eigenvalue weighted by molar-refractivity contribution is 7.09. The Morgan fingerprint density at radius 2 is 2.40 bits per heavy atom. The molecule has 1 fully saturated rings. The Balaban J connectivity index is 1.93. The standard InChI is InChI=1S/C12H20N2S/c1-3-6-13-10(12(2)4-5-12)9-11-14-7-8-15-11/h7-8,10,13H,3-6,9H2,1-2H3. The Kier molecular flexibility index (Phi) is 3.42. The third kappa shape index (κ3) is 2.79. The molecule has 1 saturated carbocycles. The SMILES string of the molecule is CCCNC(Cc1nccs1)C1(C)CC1. The van der Waals surface area contributed by atoms with Gasteiger partial charge in [-0.3, -0.25) is 0 Å². The number of hydrogen-bond acceptors (Lipinski definition) is 3. The van der Waals surface area contributed by atoms with Gasteiger partial charge in [-0.2, -0.15) is 0 Å². The second-order valence-electron chi connectivity index (χ2n) is 4.79. The van der Waals surface area contributed by atoms with Crippen molar-refractivity contribution in [2.75, 3.05) is 6.54 Å². The normalized spacial score (nSPS) is 20.1. The van der Waals surface area contributed by atoms with E-state index in [1.807, 2.05) is 6.20 Å². The van der Waals surface area contributed by atoms with E-state index in [1.54, 1.807) is 11.3 Å². The second-order valence-corrected chi connectivity index (χ2v) is 5.77. The quantitative estimate of drug-likeness (QED) is 0.803. The highest BCUT2D eigenvalue weighted by Crippen LogP contribution is 2.49. The molecule has 1 heterocycles. The van der Waals surface area contributed by atoms with E-state index in [0.717, 1.165) is 13.0 Å². The van der Waals surface area contributed by atoms with Gasteiger partial charge in [0.05, 0.1) is 5.01 Å². The highest BCUT2D eigenvalue weighted by Gasteiger charge is 2.44. The summed E-state index contributed by atoms with van der Waals surface area (Å²) in [5, 5.41) is 7.02. The first-order valence-electron chi connectivity index (χ1n) is 5.86. The smallest absolute Gasteiger partial charge is 0.0940 e. The van der Waals surface area contributed by atoms with Crippen molar-refractivity contribution in [3.63, 3.8) is 0 Å². The first kappa shape index (κ1) is 11.1. The lowest BCUT2D eigenvalue weighted by Gasteiger charge is -2.24. The molecule has 0 aliphatic heterocycles. The summed E-state index contributed by atoms with van der Waals surface area (Å²) in [7, 11) is 0. The third-order valence-corrected chi connectivity index (χ3v) is 4.18.